The Hall–Kier alpha value is 1.25. The fourth-order valence-electron chi connectivity index (χ4n) is 6.00. The van der Waals surface area contributed by atoms with Gasteiger partial charge in [0.15, 0.2) is 16.6 Å². The first-order valence-electron chi connectivity index (χ1n) is 22.3. The van der Waals surface area contributed by atoms with Gasteiger partial charge in [0.05, 0.1) is 53.4 Å². The van der Waals surface area contributed by atoms with E-state index in [4.69, 9.17) is 43.8 Å². The number of hydrogen-bond acceptors (Lipinski definition) is 15. The summed E-state index contributed by atoms with van der Waals surface area (Å²) in [5, 5.41) is 39.5. The molecule has 0 saturated carbocycles. The molecule has 0 saturated heterocycles. The van der Waals surface area contributed by atoms with Crippen molar-refractivity contribution in [2.24, 2.45) is 0 Å². The quantitative estimate of drug-likeness (QED) is 0.0382. The first-order valence-corrected chi connectivity index (χ1v) is 28.6. The van der Waals surface area contributed by atoms with E-state index in [0.717, 1.165) is 47.0 Å². The molecule has 2 aromatic carbocycles. The van der Waals surface area contributed by atoms with Crippen LogP contribution in [0.4, 0.5) is 4.39 Å². The molecule has 2 heterocycles. The van der Waals surface area contributed by atoms with Gasteiger partial charge in [0, 0.05) is 25.0 Å². The largest absolute Gasteiger partial charge is 1.00 e. The number of hydrogen-bond donors (Lipinski definition) is 3. The molecule has 0 aliphatic carbocycles. The zero-order valence-corrected chi connectivity index (χ0v) is 59.1. The Morgan fingerprint density at radius 3 is 1.58 bits per heavy atom. The van der Waals surface area contributed by atoms with Gasteiger partial charge in [-0.25, -0.2) is 0 Å². The second-order valence-electron chi connectivity index (χ2n) is 18.1. The number of ether oxygens (including phenoxy) is 3. The van der Waals surface area contributed by atoms with Crippen LogP contribution in [0.2, 0.25) is 36.3 Å². The van der Waals surface area contributed by atoms with Crippen molar-refractivity contribution in [3.8, 4) is 11.5 Å². The van der Waals surface area contributed by atoms with Gasteiger partial charge < -0.3 is 59.1 Å². The Balaban J connectivity index is -0.000000452. The predicted octanol–water partition coefficient (Wildman–Crippen LogP) is 0.844. The van der Waals surface area contributed by atoms with E-state index in [2.05, 4.69) is 88.5 Å². The normalized spacial score (nSPS) is 15.0. The molecule has 0 bridgehead atoms. The van der Waals surface area contributed by atoms with Gasteiger partial charge in [0.2, 0.25) is 0 Å². The van der Waals surface area contributed by atoms with Crippen LogP contribution < -0.4 is 159 Å². The van der Waals surface area contributed by atoms with Gasteiger partial charge in [-0.3, -0.25) is 18.8 Å². The number of alkyl halides is 2. The predicted molar refractivity (Wildman–Crippen MR) is 260 cm³/mol. The van der Waals surface area contributed by atoms with E-state index in [1.54, 1.807) is 32.9 Å². The zero-order valence-electron chi connectivity index (χ0n) is 45.0. The SMILES string of the molecule is CC(C)(C)[Si](C)(C)OCCCBr.CCOC(=O)CC1OB(O)c2cc(O)cc(C)c21.CCOC(=O)CC1OB(O)c2cc(OCCCO[Si](C)(C)C(C)(C)C)cc(C)c21.O=CO[O-].[2H]CF.[Cs+].[Cs+].[H-]. The number of rotatable bonds is 17. The third-order valence-electron chi connectivity index (χ3n) is 11.3. The number of phenols is 1. The molecule has 0 spiro atoms. The van der Waals surface area contributed by atoms with Crippen LogP contribution >= 0.6 is 15.9 Å². The van der Waals surface area contributed by atoms with Gasteiger partial charge in [-0.05, 0) is 128 Å². The standard InChI is InChI=1S/C21H35BO6Si.C12H15BO5.C9H21BrOSi.CH3F.CH2O3.2Cs.H/c1-8-25-19(23)14-18-20-15(2)12-16(13-17(20)22(24)28-18)26-10-9-11-27-29(6,7)21(3,4)5;1-3-17-11(15)6-10-12-7(2)4-8(14)5-9(12)13(16)18-10;1-9(2,3)12(4,5)11-8-6-7-10;1-2;2-1-4-3;;;/h12-13,18,24H,8-11,14H2,1-7H3;4-5,10,14,16H,3,6H2,1-2H3;6-8H2,1-5H3;1H3;1,3H;;;/q;;;;;2*+1;-1/p-1/i;;;1D;;;;. The Bertz CT molecular complexity index is 1790. The van der Waals surface area contributed by atoms with E-state index in [9.17, 15) is 29.1 Å². The smallest absolute Gasteiger partial charge is 1.00 e. The first-order chi connectivity index (χ1) is 30.6. The van der Waals surface area contributed by atoms with Gasteiger partial charge >= 0.3 is 164 Å². The van der Waals surface area contributed by atoms with Gasteiger partial charge in [-0.15, -0.1) is 0 Å². The Morgan fingerprint density at radius 2 is 1.21 bits per heavy atom. The van der Waals surface area contributed by atoms with Crippen LogP contribution in [0, 0.1) is 13.8 Å². The van der Waals surface area contributed by atoms with Crippen molar-refractivity contribution in [3.63, 3.8) is 0 Å². The summed E-state index contributed by atoms with van der Waals surface area (Å²) in [7, 11) is -6.37. The number of carbonyl (C=O) groups excluding carboxylic acids is 3. The number of benzene rings is 2. The summed E-state index contributed by atoms with van der Waals surface area (Å²) in [5.74, 6) is 0.0627. The van der Waals surface area contributed by atoms with Crippen LogP contribution in [-0.2, 0) is 46.9 Å². The molecular formula is C44H76B2BrCs2FO15Si2. The molecule has 0 radical (unpaired) electrons. The molecular weight excluding hydrogens is 1210 g/mol. The van der Waals surface area contributed by atoms with E-state index in [0.29, 0.717) is 48.1 Å². The maximum atomic E-state index is 11.8. The maximum absolute atomic E-state index is 11.8. The van der Waals surface area contributed by atoms with Crippen LogP contribution in [0.25, 0.3) is 0 Å². The van der Waals surface area contributed by atoms with Gasteiger partial charge in [-0.1, -0.05) is 57.5 Å². The van der Waals surface area contributed by atoms with Gasteiger partial charge in [-0.2, -0.15) is 0 Å². The van der Waals surface area contributed by atoms with Crippen molar-refractivity contribution in [2.75, 3.05) is 45.5 Å². The molecule has 4 rings (SSSR count). The second kappa shape index (κ2) is 36.2. The molecule has 2 aromatic rings. The number of fused-ring (bicyclic) bond motifs is 2. The molecule has 23 heteroatoms. The summed E-state index contributed by atoms with van der Waals surface area (Å²) >= 11 is 3.40. The molecule has 2 unspecified atom stereocenters. The monoisotopic (exact) mass is 1290 g/mol. The summed E-state index contributed by atoms with van der Waals surface area (Å²) < 4.78 is 54.3. The molecule has 2 aliphatic rings. The summed E-state index contributed by atoms with van der Waals surface area (Å²) in [4.78, 5) is 34.5. The fourth-order valence-corrected chi connectivity index (χ4v) is 8.40. The summed E-state index contributed by atoms with van der Waals surface area (Å²) in [5.41, 5.74) is 4.50. The Morgan fingerprint density at radius 1 is 0.821 bits per heavy atom. The minimum Gasteiger partial charge on any atom is -1.00 e. The molecule has 67 heavy (non-hydrogen) atoms. The second-order valence-corrected chi connectivity index (χ2v) is 28.5. The average molecular weight is 1290 g/mol. The van der Waals surface area contributed by atoms with E-state index in [1.807, 2.05) is 13.0 Å². The van der Waals surface area contributed by atoms with E-state index >= 15 is 0 Å². The van der Waals surface area contributed by atoms with E-state index < -0.39 is 50.2 Å². The van der Waals surface area contributed by atoms with Crippen molar-refractivity contribution in [1.29, 1.82) is 0 Å². The number of phenolic OH excluding ortho intramolecular Hbond substituents is 1. The number of halogens is 2. The fraction of sp³-hybridized carbons (Fsp3) is 0.659. The number of carbonyl (C=O) groups is 3. The minimum atomic E-state index is -1.74. The third-order valence-corrected chi connectivity index (χ3v) is 20.9. The van der Waals surface area contributed by atoms with Crippen molar-refractivity contribution in [2.45, 2.75) is 143 Å². The number of aryl methyl sites for hydroxylation is 2. The molecule has 0 fully saturated rings. The van der Waals surface area contributed by atoms with Crippen molar-refractivity contribution in [3.05, 3.63) is 46.5 Å². The molecule has 3 N–H and O–H groups in total. The van der Waals surface area contributed by atoms with Crippen LogP contribution in [0.3, 0.4) is 0 Å². The zero-order chi connectivity index (χ0) is 51.1. The van der Waals surface area contributed by atoms with E-state index in [-0.39, 0.29) is 181 Å². The van der Waals surface area contributed by atoms with E-state index in [1.165, 1.54) is 6.07 Å². The molecule has 2 atom stereocenters. The van der Waals surface area contributed by atoms with Crippen molar-refractivity contribution < 1.29 is 217 Å². The summed E-state index contributed by atoms with van der Waals surface area (Å²) in [6, 6.07) is 6.76. The number of aromatic hydroxyl groups is 1. The average Bonchev–Trinajstić information content (AvgIpc) is 3.68. The van der Waals surface area contributed by atoms with Gasteiger partial charge in [0.25, 0.3) is 6.47 Å². The molecule has 15 nitrogen and oxygen atoms in total. The summed E-state index contributed by atoms with van der Waals surface area (Å²) in [6.07, 6.45) is 1.05. The van der Waals surface area contributed by atoms with Crippen molar-refractivity contribution >= 4 is 76.1 Å². The van der Waals surface area contributed by atoms with Crippen molar-refractivity contribution in [1.82, 2.24) is 0 Å². The maximum Gasteiger partial charge on any atom is 1.00 e. The minimum absolute atomic E-state index is 0. The van der Waals surface area contributed by atoms with Crippen LogP contribution in [0.5, 0.6) is 11.5 Å². The van der Waals surface area contributed by atoms with Crippen LogP contribution in [-0.4, -0.2) is 110 Å². The topological polar surface area (TPSA) is 209 Å². The summed E-state index contributed by atoms with van der Waals surface area (Å²) in [6.45, 7) is 32.4. The molecule has 2 aliphatic heterocycles. The third kappa shape index (κ3) is 25.8. The first kappa shape index (κ1) is 70.3. The molecule has 0 amide bonds. The van der Waals surface area contributed by atoms with Crippen LogP contribution in [0.15, 0.2) is 24.3 Å². The molecule has 372 valence electrons. The van der Waals surface area contributed by atoms with Crippen LogP contribution in [0.1, 0.15) is 118 Å². The Kier molecular flexibility index (Phi) is 38.0. The number of esters is 2. The molecule has 0 aromatic heterocycles. The Labute approximate surface area is 531 Å². The van der Waals surface area contributed by atoms with Gasteiger partial charge in [0.1, 0.15) is 11.5 Å².